The number of nitrogens with one attached hydrogen (secondary N) is 2. The minimum absolute atomic E-state index is 0.215. The Hall–Kier alpha value is -1.35. The van der Waals surface area contributed by atoms with E-state index in [2.05, 4.69) is 30.5 Å². The Labute approximate surface area is 114 Å². The second-order valence-electron chi connectivity index (χ2n) is 6.23. The molecule has 0 aromatic heterocycles. The van der Waals surface area contributed by atoms with E-state index in [0.717, 1.165) is 38.0 Å². The van der Waals surface area contributed by atoms with Gasteiger partial charge in [-0.3, -0.25) is 4.79 Å². The molecule has 1 heterocycles. The number of carbonyl (C=O) groups is 1. The van der Waals surface area contributed by atoms with Crippen molar-refractivity contribution in [3.8, 4) is 0 Å². The van der Waals surface area contributed by atoms with Crippen LogP contribution in [0.4, 0.5) is 5.69 Å². The van der Waals surface area contributed by atoms with Gasteiger partial charge in [-0.2, -0.15) is 0 Å². The average Bonchev–Trinajstić information content (AvgIpc) is 3.02. The smallest absolute Gasteiger partial charge is 0.228 e. The molecule has 1 aliphatic heterocycles. The molecule has 0 unspecified atom stereocenters. The maximum Gasteiger partial charge on any atom is 0.228 e. The fourth-order valence-corrected chi connectivity index (χ4v) is 3.47. The Morgan fingerprint density at radius 2 is 1.84 bits per heavy atom. The van der Waals surface area contributed by atoms with Crippen molar-refractivity contribution < 1.29 is 4.79 Å². The van der Waals surface area contributed by atoms with Crippen molar-refractivity contribution >= 4 is 11.6 Å². The van der Waals surface area contributed by atoms with Crippen LogP contribution in [0.25, 0.3) is 0 Å². The highest BCUT2D eigenvalue weighted by Crippen LogP contribution is 2.58. The largest absolute Gasteiger partial charge is 0.326 e. The van der Waals surface area contributed by atoms with Crippen LogP contribution in [0, 0.1) is 25.2 Å². The summed E-state index contributed by atoms with van der Waals surface area (Å²) in [4.78, 5) is 12.3. The van der Waals surface area contributed by atoms with Crippen molar-refractivity contribution in [2.24, 2.45) is 11.3 Å². The van der Waals surface area contributed by atoms with Gasteiger partial charge in [-0.25, -0.2) is 0 Å². The number of anilines is 1. The van der Waals surface area contributed by atoms with Gasteiger partial charge in [0.15, 0.2) is 0 Å². The molecule has 1 aliphatic carbocycles. The van der Waals surface area contributed by atoms with Crippen molar-refractivity contribution in [2.75, 3.05) is 18.4 Å². The van der Waals surface area contributed by atoms with Crippen LogP contribution in [0.1, 0.15) is 30.4 Å². The third-order valence-corrected chi connectivity index (χ3v) is 4.59. The van der Waals surface area contributed by atoms with Gasteiger partial charge in [-0.1, -0.05) is 6.07 Å². The number of hydrogen-bond donors (Lipinski definition) is 2. The minimum atomic E-state index is 0.215. The highest BCUT2D eigenvalue weighted by Gasteiger charge is 2.57. The van der Waals surface area contributed by atoms with Gasteiger partial charge in [0.1, 0.15) is 0 Å². The minimum Gasteiger partial charge on any atom is -0.326 e. The van der Waals surface area contributed by atoms with Gasteiger partial charge >= 0.3 is 0 Å². The SMILES string of the molecule is Cc1cc(C)cc(NC(=O)[C@H]2CC23CCNCC3)c1. The number of aryl methyl sites for hydroxylation is 2. The molecule has 19 heavy (non-hydrogen) atoms. The lowest BCUT2D eigenvalue weighted by Crippen LogP contribution is -2.31. The fraction of sp³-hybridized carbons (Fsp3) is 0.562. The molecule has 102 valence electrons. The molecule has 3 nitrogen and oxygen atoms in total. The van der Waals surface area contributed by atoms with E-state index in [1.807, 2.05) is 12.1 Å². The Morgan fingerprint density at radius 1 is 1.21 bits per heavy atom. The summed E-state index contributed by atoms with van der Waals surface area (Å²) < 4.78 is 0. The van der Waals surface area contributed by atoms with E-state index in [1.165, 1.54) is 11.1 Å². The molecule has 2 fully saturated rings. The predicted molar refractivity (Wildman–Crippen MR) is 77.2 cm³/mol. The van der Waals surface area contributed by atoms with Crippen LogP contribution in [0.5, 0.6) is 0 Å². The standard InChI is InChI=1S/C16H22N2O/c1-11-7-12(2)9-13(8-11)18-15(19)14-10-16(14)3-5-17-6-4-16/h7-9,14,17H,3-6,10H2,1-2H3,(H,18,19)/t14-/m1/s1. The first-order valence-electron chi connectivity index (χ1n) is 7.19. The Bertz CT molecular complexity index is 483. The summed E-state index contributed by atoms with van der Waals surface area (Å²) in [5.41, 5.74) is 3.65. The Kier molecular flexibility index (Phi) is 3.09. The maximum atomic E-state index is 12.3. The van der Waals surface area contributed by atoms with Crippen LogP contribution < -0.4 is 10.6 Å². The first-order chi connectivity index (χ1) is 9.09. The predicted octanol–water partition coefficient (Wildman–Crippen LogP) is 2.63. The van der Waals surface area contributed by atoms with E-state index >= 15 is 0 Å². The highest BCUT2D eigenvalue weighted by molar-refractivity contribution is 5.95. The number of amides is 1. The van der Waals surface area contributed by atoms with E-state index in [0.29, 0.717) is 5.41 Å². The van der Waals surface area contributed by atoms with E-state index < -0.39 is 0 Å². The summed E-state index contributed by atoms with van der Waals surface area (Å²) in [6.45, 7) is 6.25. The third-order valence-electron chi connectivity index (χ3n) is 4.59. The number of benzene rings is 1. The zero-order valence-corrected chi connectivity index (χ0v) is 11.8. The van der Waals surface area contributed by atoms with Crippen molar-refractivity contribution in [1.29, 1.82) is 0 Å². The van der Waals surface area contributed by atoms with E-state index in [-0.39, 0.29) is 11.8 Å². The topological polar surface area (TPSA) is 41.1 Å². The molecule has 0 bridgehead atoms. The van der Waals surface area contributed by atoms with Gasteiger partial charge < -0.3 is 10.6 Å². The van der Waals surface area contributed by atoms with Gasteiger partial charge in [0.2, 0.25) is 5.91 Å². The van der Waals surface area contributed by atoms with Crippen molar-refractivity contribution in [2.45, 2.75) is 33.1 Å². The van der Waals surface area contributed by atoms with Crippen LogP contribution in [-0.2, 0) is 4.79 Å². The molecular weight excluding hydrogens is 236 g/mol. The summed E-state index contributed by atoms with van der Waals surface area (Å²) in [6.07, 6.45) is 3.38. The Balaban J connectivity index is 1.66. The lowest BCUT2D eigenvalue weighted by Gasteiger charge is -2.23. The molecule has 1 aromatic carbocycles. The first kappa shape index (κ1) is 12.7. The van der Waals surface area contributed by atoms with Crippen LogP contribution in [0.3, 0.4) is 0 Å². The van der Waals surface area contributed by atoms with Crippen molar-refractivity contribution in [3.63, 3.8) is 0 Å². The van der Waals surface area contributed by atoms with E-state index in [4.69, 9.17) is 0 Å². The zero-order chi connectivity index (χ0) is 13.5. The second kappa shape index (κ2) is 4.64. The Morgan fingerprint density at radius 3 is 2.47 bits per heavy atom. The van der Waals surface area contributed by atoms with Gasteiger partial charge in [0.05, 0.1) is 0 Å². The summed E-state index contributed by atoms with van der Waals surface area (Å²) in [6, 6.07) is 6.21. The van der Waals surface area contributed by atoms with Gasteiger partial charge in [0, 0.05) is 11.6 Å². The van der Waals surface area contributed by atoms with Crippen LogP contribution in [0.15, 0.2) is 18.2 Å². The number of rotatable bonds is 2. The molecule has 2 aliphatic rings. The van der Waals surface area contributed by atoms with E-state index in [1.54, 1.807) is 0 Å². The maximum absolute atomic E-state index is 12.3. The molecule has 3 rings (SSSR count). The molecule has 1 atom stereocenters. The molecule has 1 saturated carbocycles. The summed E-state index contributed by atoms with van der Waals surface area (Å²) in [7, 11) is 0. The lowest BCUT2D eigenvalue weighted by molar-refractivity contribution is -0.118. The number of hydrogen-bond acceptors (Lipinski definition) is 2. The third kappa shape index (κ3) is 2.52. The quantitative estimate of drug-likeness (QED) is 0.856. The van der Waals surface area contributed by atoms with Crippen molar-refractivity contribution in [3.05, 3.63) is 29.3 Å². The molecule has 0 radical (unpaired) electrons. The van der Waals surface area contributed by atoms with Crippen LogP contribution in [-0.4, -0.2) is 19.0 Å². The normalized spacial score (nSPS) is 24.2. The van der Waals surface area contributed by atoms with Gasteiger partial charge in [-0.15, -0.1) is 0 Å². The highest BCUT2D eigenvalue weighted by atomic mass is 16.2. The zero-order valence-electron chi connectivity index (χ0n) is 11.8. The first-order valence-corrected chi connectivity index (χ1v) is 7.19. The summed E-state index contributed by atoms with van der Waals surface area (Å²) >= 11 is 0. The molecule has 1 aromatic rings. The van der Waals surface area contributed by atoms with E-state index in [9.17, 15) is 4.79 Å². The van der Waals surface area contributed by atoms with Gasteiger partial charge in [-0.05, 0) is 74.9 Å². The second-order valence-corrected chi connectivity index (χ2v) is 6.23. The monoisotopic (exact) mass is 258 g/mol. The molecule has 2 N–H and O–H groups in total. The molecule has 1 saturated heterocycles. The lowest BCUT2D eigenvalue weighted by atomic mass is 9.92. The fourth-order valence-electron chi connectivity index (χ4n) is 3.47. The van der Waals surface area contributed by atoms with Crippen LogP contribution in [0.2, 0.25) is 0 Å². The molecule has 1 amide bonds. The average molecular weight is 258 g/mol. The molecule has 1 spiro atoms. The van der Waals surface area contributed by atoms with Crippen LogP contribution >= 0.6 is 0 Å². The van der Waals surface area contributed by atoms with Gasteiger partial charge in [0.25, 0.3) is 0 Å². The summed E-state index contributed by atoms with van der Waals surface area (Å²) in [5, 5.41) is 6.47. The molecule has 3 heteroatoms. The number of piperidine rings is 1. The summed E-state index contributed by atoms with van der Waals surface area (Å²) in [5.74, 6) is 0.447. The molecular formula is C16H22N2O. The number of carbonyl (C=O) groups excluding carboxylic acids is 1. The van der Waals surface area contributed by atoms with Crippen molar-refractivity contribution in [1.82, 2.24) is 5.32 Å².